The Labute approximate surface area is 365 Å². The monoisotopic (exact) mass is 930 g/mol. The Kier molecular flexibility index (Phi) is 14.4. The number of ether oxygens (including phenoxy) is 2. The van der Waals surface area contributed by atoms with E-state index < -0.39 is 57.7 Å². The second kappa shape index (κ2) is 18.5. The molecule has 0 spiro atoms. The summed E-state index contributed by atoms with van der Waals surface area (Å²) in [6, 6.07) is 2.15. The van der Waals surface area contributed by atoms with Gasteiger partial charge in [0.25, 0.3) is 11.4 Å². The molecule has 3 fully saturated rings. The van der Waals surface area contributed by atoms with E-state index in [9.17, 15) is 34.8 Å². The standard InChI is InChI=1S/C17H19FN4O4.C13H21BN2O3.C10H10BrFN2O3/c1-17(2,23)16-20-7-9(8-21-16)10-6-11(22(24)25)15(19)13(14(10)18)12-4-3-5-26-12;1-11(2,17)10-15-7-9(8-16-10)14-18-12(3,4)13(5,6)19-14;11-5-4-6(14(15)16)10(13)8(9(5)12)7-2-1-3-17-7/h6-8,12,23H,3-5,19H2,1-2H3;7-8,17H,1-6H3;4,7H,1-3,13H2. The van der Waals surface area contributed by atoms with E-state index in [1.165, 1.54) is 26.2 Å². The van der Waals surface area contributed by atoms with Gasteiger partial charge >= 0.3 is 7.12 Å². The number of nitro groups is 2. The van der Waals surface area contributed by atoms with Crippen LogP contribution in [0, 0.1) is 31.9 Å². The van der Waals surface area contributed by atoms with Crippen molar-refractivity contribution in [2.75, 3.05) is 24.7 Å². The van der Waals surface area contributed by atoms with Crippen LogP contribution < -0.4 is 16.9 Å². The molecule has 0 amide bonds. The highest BCUT2D eigenvalue weighted by atomic mass is 79.9. The molecule has 6 N–H and O–H groups in total. The van der Waals surface area contributed by atoms with Crippen LogP contribution in [0.2, 0.25) is 0 Å². The zero-order valence-electron chi connectivity index (χ0n) is 35.6. The number of nitrogens with zero attached hydrogens (tertiary/aromatic N) is 6. The Bertz CT molecular complexity index is 2270. The van der Waals surface area contributed by atoms with E-state index in [0.29, 0.717) is 31.9 Å². The lowest BCUT2D eigenvalue weighted by molar-refractivity contribution is -0.384. The maximum absolute atomic E-state index is 15.2. The zero-order chi connectivity index (χ0) is 46.1. The summed E-state index contributed by atoms with van der Waals surface area (Å²) in [6.45, 7) is 15.3. The molecule has 18 nitrogen and oxygen atoms in total. The van der Waals surface area contributed by atoms with Crippen LogP contribution >= 0.6 is 15.9 Å². The molecule has 2 aromatic carbocycles. The van der Waals surface area contributed by atoms with Crippen molar-refractivity contribution in [2.45, 2.75) is 116 Å². The zero-order valence-corrected chi connectivity index (χ0v) is 37.2. The van der Waals surface area contributed by atoms with Crippen LogP contribution in [0.1, 0.15) is 116 Å². The van der Waals surface area contributed by atoms with Gasteiger partial charge in [0.05, 0.1) is 37.7 Å². The minimum atomic E-state index is -1.26. The molecule has 2 unspecified atom stereocenters. The predicted molar refractivity (Wildman–Crippen MR) is 228 cm³/mol. The molecule has 334 valence electrons. The first-order chi connectivity index (χ1) is 28.7. The Morgan fingerprint density at radius 1 is 0.758 bits per heavy atom. The van der Waals surface area contributed by atoms with Crippen LogP contribution in [0.4, 0.5) is 31.5 Å². The number of nitrogen functional groups attached to an aromatic ring is 2. The van der Waals surface area contributed by atoms with E-state index in [4.69, 9.17) is 30.2 Å². The van der Waals surface area contributed by atoms with E-state index in [0.717, 1.165) is 30.4 Å². The fourth-order valence-electron chi connectivity index (χ4n) is 6.62. The molecule has 3 aliphatic rings. The number of hydrogen-bond donors (Lipinski definition) is 4. The number of hydrogen-bond acceptors (Lipinski definition) is 16. The van der Waals surface area contributed by atoms with Gasteiger partial charge in [0, 0.05) is 77.9 Å². The van der Waals surface area contributed by atoms with Crippen LogP contribution in [0.5, 0.6) is 0 Å². The summed E-state index contributed by atoms with van der Waals surface area (Å²) in [5.74, 6) is -0.724. The molecule has 62 heavy (non-hydrogen) atoms. The summed E-state index contributed by atoms with van der Waals surface area (Å²) in [4.78, 5) is 37.3. The number of aliphatic hydroxyl groups is 2. The van der Waals surface area contributed by atoms with E-state index in [2.05, 4.69) is 35.9 Å². The normalized spacial score (nSPS) is 19.3. The van der Waals surface area contributed by atoms with Crippen LogP contribution in [-0.2, 0) is 30.0 Å². The van der Waals surface area contributed by atoms with Gasteiger partial charge in [0.1, 0.15) is 34.2 Å². The minimum absolute atomic E-state index is 0.00161. The first-order valence-electron chi connectivity index (χ1n) is 19.6. The molecule has 2 aromatic heterocycles. The molecule has 0 radical (unpaired) electrons. The molecule has 3 saturated heterocycles. The second-order valence-corrected chi connectivity index (χ2v) is 17.8. The summed E-state index contributed by atoms with van der Waals surface area (Å²) < 4.78 is 51.8. The Morgan fingerprint density at radius 2 is 1.16 bits per heavy atom. The maximum atomic E-state index is 15.2. The highest BCUT2D eigenvalue weighted by Gasteiger charge is 2.52. The van der Waals surface area contributed by atoms with Crippen molar-refractivity contribution in [1.29, 1.82) is 0 Å². The maximum Gasteiger partial charge on any atom is 0.498 e. The first kappa shape index (κ1) is 48.2. The van der Waals surface area contributed by atoms with Crippen molar-refractivity contribution in [3.05, 3.63) is 96.0 Å². The van der Waals surface area contributed by atoms with Crippen molar-refractivity contribution in [3.63, 3.8) is 0 Å². The molecule has 0 saturated carbocycles. The third-order valence-corrected chi connectivity index (χ3v) is 11.3. The van der Waals surface area contributed by atoms with Crippen LogP contribution in [0.25, 0.3) is 11.1 Å². The molecular weight excluding hydrogens is 881 g/mol. The number of rotatable bonds is 8. The van der Waals surface area contributed by atoms with Gasteiger partial charge in [-0.25, -0.2) is 28.7 Å². The van der Waals surface area contributed by atoms with Gasteiger partial charge in [0.15, 0.2) is 11.6 Å². The fourth-order valence-corrected chi connectivity index (χ4v) is 7.05. The quantitative estimate of drug-likeness (QED) is 0.0613. The first-order valence-corrected chi connectivity index (χ1v) is 20.4. The van der Waals surface area contributed by atoms with Crippen molar-refractivity contribution < 1.29 is 47.6 Å². The van der Waals surface area contributed by atoms with Crippen molar-refractivity contribution >= 4 is 51.3 Å². The topological polar surface area (TPSA) is 267 Å². The molecule has 22 heteroatoms. The minimum Gasteiger partial charge on any atom is -0.399 e. The summed E-state index contributed by atoms with van der Waals surface area (Å²) in [5, 5.41) is 41.9. The average Bonchev–Trinajstić information content (AvgIpc) is 3.95. The fraction of sp³-hybridized carbons (Fsp3) is 0.500. The van der Waals surface area contributed by atoms with Gasteiger partial charge in [-0.2, -0.15) is 0 Å². The number of aromatic nitrogens is 4. The Balaban J connectivity index is 0.000000181. The smallest absolute Gasteiger partial charge is 0.399 e. The third-order valence-electron chi connectivity index (χ3n) is 10.7. The largest absolute Gasteiger partial charge is 0.498 e. The van der Waals surface area contributed by atoms with Gasteiger partial charge in [-0.3, -0.25) is 20.2 Å². The van der Waals surface area contributed by atoms with Crippen LogP contribution in [0.15, 0.2) is 41.4 Å². The van der Waals surface area contributed by atoms with Gasteiger partial charge in [-0.1, -0.05) is 0 Å². The number of benzene rings is 2. The van der Waals surface area contributed by atoms with E-state index in [1.54, 1.807) is 26.2 Å². The summed E-state index contributed by atoms with van der Waals surface area (Å²) >= 11 is 2.96. The van der Waals surface area contributed by atoms with Crippen LogP contribution in [-0.4, -0.2) is 71.5 Å². The molecule has 4 aromatic rings. The van der Waals surface area contributed by atoms with Gasteiger partial charge in [-0.15, -0.1) is 0 Å². The Morgan fingerprint density at radius 3 is 1.55 bits per heavy atom. The van der Waals surface area contributed by atoms with Gasteiger partial charge in [-0.05, 0) is 97.0 Å². The highest BCUT2D eigenvalue weighted by Crippen LogP contribution is 2.43. The Hall–Kier alpha value is -4.84. The number of nitro benzene ring substituents is 2. The van der Waals surface area contributed by atoms with Crippen molar-refractivity contribution in [2.24, 2.45) is 0 Å². The predicted octanol–water partition coefficient (Wildman–Crippen LogP) is 6.79. The molecule has 0 aliphatic carbocycles. The highest BCUT2D eigenvalue weighted by molar-refractivity contribution is 9.10. The lowest BCUT2D eigenvalue weighted by Crippen LogP contribution is -2.41. The van der Waals surface area contributed by atoms with Crippen molar-refractivity contribution in [3.8, 4) is 11.1 Å². The van der Waals surface area contributed by atoms with Crippen molar-refractivity contribution in [1.82, 2.24) is 19.9 Å². The molecule has 0 bridgehead atoms. The summed E-state index contributed by atoms with van der Waals surface area (Å²) in [5.41, 5.74) is 8.44. The lowest BCUT2D eigenvalue weighted by Gasteiger charge is -2.32. The molecular formula is C40H50BBrF2N8O10. The van der Waals surface area contributed by atoms with E-state index in [-0.39, 0.29) is 60.8 Å². The summed E-state index contributed by atoms with van der Waals surface area (Å²) in [6.07, 6.45) is 7.48. The third kappa shape index (κ3) is 10.5. The second-order valence-electron chi connectivity index (χ2n) is 17.0. The average molecular weight is 932 g/mol. The number of anilines is 2. The molecule has 7 rings (SSSR count). The SMILES string of the molecule is CC(C)(O)c1ncc(-c2cc([N+](=O)[O-])c(N)c(C3CCCO3)c2F)cn1.CC(C)(O)c1ncc(B2OC(C)(C)C(C)(C)O2)cn1.Nc1c([N+](=O)[O-])cc(Br)c(F)c1C1CCCO1. The lowest BCUT2D eigenvalue weighted by atomic mass is 9.81. The number of halogens is 3. The molecule has 3 aliphatic heterocycles. The number of nitrogens with two attached hydrogens (primary N) is 2. The van der Waals surface area contributed by atoms with E-state index >= 15 is 4.39 Å². The molecule has 5 heterocycles. The van der Waals surface area contributed by atoms with Gasteiger partial charge in [0.2, 0.25) is 0 Å². The molecule has 2 atom stereocenters. The van der Waals surface area contributed by atoms with Crippen LogP contribution in [0.3, 0.4) is 0 Å². The summed E-state index contributed by atoms with van der Waals surface area (Å²) in [7, 11) is -0.471. The van der Waals surface area contributed by atoms with Gasteiger partial charge < -0.3 is 40.5 Å². The van der Waals surface area contributed by atoms with E-state index in [1.807, 2.05) is 27.7 Å².